The summed E-state index contributed by atoms with van der Waals surface area (Å²) < 4.78 is 10.5. The van der Waals surface area contributed by atoms with Gasteiger partial charge in [-0.1, -0.05) is 19.9 Å². The summed E-state index contributed by atoms with van der Waals surface area (Å²) in [6.45, 7) is 11.3. The zero-order chi connectivity index (χ0) is 26.7. The number of amides is 2. The Bertz CT molecular complexity index is 1590. The van der Waals surface area contributed by atoms with Crippen LogP contribution in [0.5, 0.6) is 0 Å². The molecule has 1 aromatic carbocycles. The van der Waals surface area contributed by atoms with Crippen molar-refractivity contribution < 1.29 is 14.3 Å². The molecule has 0 bridgehead atoms. The number of aromatic nitrogens is 3. The van der Waals surface area contributed by atoms with E-state index in [4.69, 9.17) is 9.84 Å². The highest BCUT2D eigenvalue weighted by atomic mass is 16.5. The summed E-state index contributed by atoms with van der Waals surface area (Å²) in [5.74, 6) is 0.482. The molecule has 2 amide bonds. The second-order valence-corrected chi connectivity index (χ2v) is 11.1. The fraction of sp³-hybridized carbons (Fsp3) is 0.500. The highest BCUT2D eigenvalue weighted by Crippen LogP contribution is 2.43. The number of carbonyl (C=O) groups is 2. The quantitative estimate of drug-likeness (QED) is 0.524. The normalized spacial score (nSPS) is 17.4. The zero-order valence-electron chi connectivity index (χ0n) is 23.1. The molecule has 0 saturated heterocycles. The molecule has 0 spiro atoms. The maximum absolute atomic E-state index is 13.3. The van der Waals surface area contributed by atoms with Gasteiger partial charge in [0.15, 0.2) is 0 Å². The number of carbonyl (C=O) groups excluding carboxylic acids is 2. The molecule has 3 heterocycles. The van der Waals surface area contributed by atoms with Gasteiger partial charge in [-0.15, -0.1) is 0 Å². The Morgan fingerprint density at radius 1 is 1.21 bits per heavy atom. The number of hydrogen-bond acceptors (Lipinski definition) is 4. The van der Waals surface area contributed by atoms with Crippen molar-refractivity contribution in [2.45, 2.75) is 66.2 Å². The van der Waals surface area contributed by atoms with Gasteiger partial charge in [0.05, 0.1) is 22.9 Å². The second-order valence-electron chi connectivity index (χ2n) is 11.1. The number of aryl methyl sites for hydroxylation is 3. The molecule has 1 aliphatic heterocycles. The summed E-state index contributed by atoms with van der Waals surface area (Å²) in [5.41, 5.74) is 7.59. The number of rotatable bonds is 7. The Hall–Kier alpha value is -3.39. The van der Waals surface area contributed by atoms with Crippen LogP contribution >= 0.6 is 0 Å². The minimum absolute atomic E-state index is 0.00220. The van der Waals surface area contributed by atoms with Crippen molar-refractivity contribution in [1.82, 2.24) is 24.6 Å². The average Bonchev–Trinajstić information content (AvgIpc) is 3.56. The molecule has 1 atom stereocenters. The van der Waals surface area contributed by atoms with Crippen LogP contribution in [0.3, 0.4) is 0 Å². The van der Waals surface area contributed by atoms with Crippen molar-refractivity contribution in [2.24, 2.45) is 13.0 Å². The van der Waals surface area contributed by atoms with E-state index in [0.29, 0.717) is 25.6 Å². The van der Waals surface area contributed by atoms with Crippen molar-refractivity contribution >= 4 is 34.9 Å². The summed E-state index contributed by atoms with van der Waals surface area (Å²) in [4.78, 5) is 27.7. The van der Waals surface area contributed by atoms with Crippen molar-refractivity contribution in [3.05, 3.63) is 39.1 Å². The van der Waals surface area contributed by atoms with Gasteiger partial charge in [0.25, 0.3) is 5.91 Å². The first kappa shape index (κ1) is 24.9. The van der Waals surface area contributed by atoms with Crippen molar-refractivity contribution in [1.29, 1.82) is 0 Å². The highest BCUT2D eigenvalue weighted by Gasteiger charge is 2.35. The molecule has 3 aromatic rings. The highest BCUT2D eigenvalue weighted by molar-refractivity contribution is 6.12. The lowest BCUT2D eigenvalue weighted by Gasteiger charge is -2.22. The van der Waals surface area contributed by atoms with E-state index in [1.807, 2.05) is 25.6 Å². The predicted molar refractivity (Wildman–Crippen MR) is 148 cm³/mol. The van der Waals surface area contributed by atoms with Crippen molar-refractivity contribution in [2.75, 3.05) is 19.7 Å². The van der Waals surface area contributed by atoms with Gasteiger partial charge in [0.2, 0.25) is 5.91 Å². The number of nitrogens with one attached hydrogen (secondary N) is 1. The third-order valence-corrected chi connectivity index (χ3v) is 8.20. The monoisotopic (exact) mass is 515 g/mol. The molecule has 3 aliphatic rings. The lowest BCUT2D eigenvalue weighted by atomic mass is 9.82. The molecule has 2 aromatic heterocycles. The van der Waals surface area contributed by atoms with Gasteiger partial charge in [-0.05, 0) is 56.2 Å². The van der Waals surface area contributed by atoms with Gasteiger partial charge in [0.1, 0.15) is 6.61 Å². The van der Waals surface area contributed by atoms with Crippen LogP contribution in [0.1, 0.15) is 61.3 Å². The molecule has 200 valence electrons. The summed E-state index contributed by atoms with van der Waals surface area (Å²) >= 11 is 0. The fourth-order valence-corrected chi connectivity index (χ4v) is 6.60. The van der Waals surface area contributed by atoms with Gasteiger partial charge in [-0.3, -0.25) is 14.3 Å². The molecule has 8 heteroatoms. The maximum atomic E-state index is 13.3. The minimum atomic E-state index is -0.179. The van der Waals surface area contributed by atoms with E-state index in [-0.39, 0.29) is 24.5 Å². The topological polar surface area (TPSA) is 81.4 Å². The number of likely N-dealkylation sites (N-methyl/N-ethyl adjacent to an activating group) is 1. The Kier molecular flexibility index (Phi) is 6.17. The molecule has 6 rings (SSSR count). The van der Waals surface area contributed by atoms with Crippen LogP contribution in [0, 0.1) is 5.92 Å². The van der Waals surface area contributed by atoms with Crippen LogP contribution in [-0.2, 0) is 42.5 Å². The summed E-state index contributed by atoms with van der Waals surface area (Å²) in [6, 6.07) is 0. The Morgan fingerprint density at radius 2 is 2.00 bits per heavy atom. The number of nitrogens with zero attached hydrogens (tertiary/aromatic N) is 4. The Labute approximate surface area is 222 Å². The van der Waals surface area contributed by atoms with Crippen LogP contribution in [0.4, 0.5) is 0 Å². The molecule has 38 heavy (non-hydrogen) atoms. The largest absolute Gasteiger partial charge is 0.364 e. The van der Waals surface area contributed by atoms with Crippen LogP contribution in [0.2, 0.25) is 0 Å². The van der Waals surface area contributed by atoms with Crippen LogP contribution in [-0.4, -0.2) is 56.9 Å². The van der Waals surface area contributed by atoms with Gasteiger partial charge in [0, 0.05) is 66.5 Å². The van der Waals surface area contributed by atoms with E-state index < -0.39 is 0 Å². The molecule has 8 nitrogen and oxygen atoms in total. The van der Waals surface area contributed by atoms with Gasteiger partial charge >= 0.3 is 0 Å². The van der Waals surface area contributed by atoms with E-state index in [9.17, 15) is 9.59 Å². The summed E-state index contributed by atoms with van der Waals surface area (Å²) in [5, 5.41) is 11.3. The zero-order valence-corrected chi connectivity index (χ0v) is 23.1. The first-order valence-corrected chi connectivity index (χ1v) is 13.9. The minimum Gasteiger partial charge on any atom is -0.364 e. The van der Waals surface area contributed by atoms with Crippen molar-refractivity contribution in [3.8, 4) is 11.1 Å². The Balaban J connectivity index is 1.57. The third kappa shape index (κ3) is 3.80. The predicted octanol–water partition coefficient (Wildman–Crippen LogP) is 2.26. The molecule has 1 N–H and O–H groups in total. The molecule has 0 radical (unpaired) electrons. The first-order valence-electron chi connectivity index (χ1n) is 13.9. The lowest BCUT2D eigenvalue weighted by Crippen LogP contribution is -2.38. The molecule has 1 unspecified atom stereocenters. The van der Waals surface area contributed by atoms with Crippen LogP contribution < -0.4 is 15.9 Å². The molecular weight excluding hydrogens is 478 g/mol. The van der Waals surface area contributed by atoms with Crippen molar-refractivity contribution in [3.63, 3.8) is 0 Å². The Morgan fingerprint density at radius 3 is 2.74 bits per heavy atom. The number of hydrogen-bond donors (Lipinski definition) is 1. The van der Waals surface area contributed by atoms with Gasteiger partial charge < -0.3 is 19.5 Å². The molecule has 2 aliphatic carbocycles. The summed E-state index contributed by atoms with van der Waals surface area (Å²) in [7, 11) is 1.95. The van der Waals surface area contributed by atoms with E-state index in [0.717, 1.165) is 59.0 Å². The maximum Gasteiger partial charge on any atom is 0.252 e. The van der Waals surface area contributed by atoms with E-state index in [2.05, 4.69) is 42.1 Å². The number of benzene rings is 1. The summed E-state index contributed by atoms with van der Waals surface area (Å²) in [6.07, 6.45) is 8.79. The SMILES string of the molecule is CCN(CC)C(=O)COC1C=c2c(n(CC(C)C)c3c4c(c5c(c23)CNC5=O)-c2cn(C)nc2CC4)=CC1. The standard InChI is InChI=1S/C30H37N5O3/c1-6-34(7-2)25(36)16-38-18-8-11-24-20(12-18)27-21-13-31-30(37)28(21)26-19(29(27)35(24)14-17(3)4)9-10-23-22(26)15-33(5)32-23/h11-12,15,17-18H,6-10,13-14,16H2,1-5H3,(H,31,37). The number of fused-ring (bicyclic) bond motifs is 10. The number of ether oxygens (including phenoxy) is 1. The van der Waals surface area contributed by atoms with E-state index >= 15 is 0 Å². The van der Waals surface area contributed by atoms with Gasteiger partial charge in [-0.2, -0.15) is 5.10 Å². The fourth-order valence-electron chi connectivity index (χ4n) is 6.60. The van der Waals surface area contributed by atoms with E-state index in [1.165, 1.54) is 21.8 Å². The first-order chi connectivity index (χ1) is 18.3. The average molecular weight is 516 g/mol. The molecule has 0 saturated carbocycles. The van der Waals surface area contributed by atoms with E-state index in [1.54, 1.807) is 4.90 Å². The lowest BCUT2D eigenvalue weighted by molar-refractivity contribution is -0.136. The second kappa shape index (κ2) is 9.42. The smallest absolute Gasteiger partial charge is 0.252 e. The molecule has 0 fully saturated rings. The van der Waals surface area contributed by atoms with Crippen LogP contribution in [0.25, 0.3) is 34.2 Å². The van der Waals surface area contributed by atoms with Crippen LogP contribution in [0.15, 0.2) is 6.20 Å². The third-order valence-electron chi connectivity index (χ3n) is 8.20. The molecular formula is C30H37N5O3. The van der Waals surface area contributed by atoms with Gasteiger partial charge in [-0.25, -0.2) is 0 Å².